The Kier molecular flexibility index (Phi) is 5.81. The summed E-state index contributed by atoms with van der Waals surface area (Å²) < 4.78 is 7.66. The first-order valence-electron chi connectivity index (χ1n) is 7.09. The molecule has 1 aromatic heterocycles. The average molecular weight is 333 g/mol. The molecule has 0 aliphatic rings. The summed E-state index contributed by atoms with van der Waals surface area (Å²) in [7, 11) is 0. The third-order valence-electron chi connectivity index (χ3n) is 3.34. The van der Waals surface area contributed by atoms with E-state index < -0.39 is 5.97 Å². The van der Waals surface area contributed by atoms with Gasteiger partial charge < -0.3 is 9.84 Å². The van der Waals surface area contributed by atoms with E-state index in [0.717, 1.165) is 28.6 Å². The highest BCUT2D eigenvalue weighted by Crippen LogP contribution is 2.22. The summed E-state index contributed by atoms with van der Waals surface area (Å²) in [6, 6.07) is 5.89. The van der Waals surface area contributed by atoms with Gasteiger partial charge in [-0.1, -0.05) is 30.0 Å². The van der Waals surface area contributed by atoms with E-state index in [1.807, 2.05) is 36.6 Å². The van der Waals surface area contributed by atoms with E-state index in [1.165, 1.54) is 0 Å². The number of hydrogen-bond donors (Lipinski definition) is 1. The van der Waals surface area contributed by atoms with Crippen LogP contribution in [-0.2, 0) is 17.9 Å². The van der Waals surface area contributed by atoms with Crippen LogP contribution in [0.2, 0.25) is 0 Å². The Labute approximate surface area is 139 Å². The summed E-state index contributed by atoms with van der Waals surface area (Å²) >= 11 is 1.13. The van der Waals surface area contributed by atoms with Crippen molar-refractivity contribution < 1.29 is 14.6 Å². The van der Waals surface area contributed by atoms with Gasteiger partial charge >= 0.3 is 5.97 Å². The molecule has 0 saturated heterocycles. The minimum Gasteiger partial charge on any atom is -0.485 e. The third-order valence-corrected chi connectivity index (χ3v) is 4.29. The second-order valence-electron chi connectivity index (χ2n) is 4.97. The van der Waals surface area contributed by atoms with Crippen LogP contribution in [0.25, 0.3) is 0 Å². The zero-order valence-electron chi connectivity index (χ0n) is 13.2. The fourth-order valence-electron chi connectivity index (χ4n) is 1.99. The summed E-state index contributed by atoms with van der Waals surface area (Å²) in [5.74, 6) is 0.487. The molecule has 23 heavy (non-hydrogen) atoms. The molecule has 0 aliphatic carbocycles. The Morgan fingerprint density at radius 3 is 2.91 bits per heavy atom. The fourth-order valence-corrected chi connectivity index (χ4v) is 2.68. The van der Waals surface area contributed by atoms with Gasteiger partial charge in [-0.05, 0) is 31.0 Å². The Hall–Kier alpha value is -2.28. The number of carboxylic acids is 1. The SMILES string of the molecule is C=CCn1c(COc2cccc(C)c2C)nnc1SCC(=O)O. The molecule has 1 heterocycles. The van der Waals surface area contributed by atoms with E-state index in [-0.39, 0.29) is 12.4 Å². The highest BCUT2D eigenvalue weighted by atomic mass is 32.2. The maximum atomic E-state index is 10.7. The fraction of sp³-hybridized carbons (Fsp3) is 0.312. The number of benzene rings is 1. The van der Waals surface area contributed by atoms with Crippen molar-refractivity contribution in [1.82, 2.24) is 14.8 Å². The number of thioether (sulfide) groups is 1. The number of ether oxygens (including phenoxy) is 1. The molecule has 0 atom stereocenters. The van der Waals surface area contributed by atoms with E-state index in [0.29, 0.717) is 17.5 Å². The summed E-state index contributed by atoms with van der Waals surface area (Å²) in [6.07, 6.45) is 1.72. The molecule has 2 aromatic rings. The summed E-state index contributed by atoms with van der Waals surface area (Å²) in [4.78, 5) is 10.7. The van der Waals surface area contributed by atoms with Crippen molar-refractivity contribution in [3.05, 3.63) is 47.8 Å². The molecule has 7 heteroatoms. The topological polar surface area (TPSA) is 77.2 Å². The molecule has 122 valence electrons. The smallest absolute Gasteiger partial charge is 0.313 e. The number of carbonyl (C=O) groups is 1. The molecular formula is C16H19N3O3S. The van der Waals surface area contributed by atoms with Crippen molar-refractivity contribution in [3.8, 4) is 5.75 Å². The van der Waals surface area contributed by atoms with Crippen molar-refractivity contribution >= 4 is 17.7 Å². The van der Waals surface area contributed by atoms with Crippen LogP contribution in [0.1, 0.15) is 17.0 Å². The molecule has 0 saturated carbocycles. The molecule has 6 nitrogen and oxygen atoms in total. The molecule has 2 rings (SSSR count). The van der Waals surface area contributed by atoms with Gasteiger partial charge in [-0.25, -0.2) is 0 Å². The van der Waals surface area contributed by atoms with E-state index in [1.54, 1.807) is 6.08 Å². The molecular weight excluding hydrogens is 314 g/mol. The monoisotopic (exact) mass is 333 g/mol. The summed E-state index contributed by atoms with van der Waals surface area (Å²) in [5, 5.41) is 17.5. The third kappa shape index (κ3) is 4.35. The minimum atomic E-state index is -0.892. The quantitative estimate of drug-likeness (QED) is 0.591. The van der Waals surface area contributed by atoms with Gasteiger partial charge in [0.15, 0.2) is 11.0 Å². The van der Waals surface area contributed by atoms with E-state index in [9.17, 15) is 4.79 Å². The predicted octanol–water partition coefficient (Wildman–Crippen LogP) is 2.84. The summed E-state index contributed by atoms with van der Waals surface area (Å²) in [6.45, 7) is 8.52. The Balaban J connectivity index is 2.14. The molecule has 0 amide bonds. The second-order valence-corrected chi connectivity index (χ2v) is 5.91. The number of aryl methyl sites for hydroxylation is 1. The van der Waals surface area contributed by atoms with Gasteiger partial charge in [0, 0.05) is 6.54 Å². The lowest BCUT2D eigenvalue weighted by atomic mass is 10.1. The maximum absolute atomic E-state index is 10.7. The van der Waals surface area contributed by atoms with Crippen molar-refractivity contribution in [2.45, 2.75) is 32.2 Å². The number of aliphatic carboxylic acids is 1. The van der Waals surface area contributed by atoms with Crippen LogP contribution in [0.15, 0.2) is 36.0 Å². The van der Waals surface area contributed by atoms with E-state index in [2.05, 4.69) is 16.8 Å². The van der Waals surface area contributed by atoms with Crippen molar-refractivity contribution in [2.75, 3.05) is 5.75 Å². The highest BCUT2D eigenvalue weighted by Gasteiger charge is 2.14. The van der Waals surface area contributed by atoms with Crippen LogP contribution in [0.5, 0.6) is 5.75 Å². The number of allylic oxidation sites excluding steroid dienone is 1. The van der Waals surface area contributed by atoms with Crippen LogP contribution in [0.3, 0.4) is 0 Å². The van der Waals surface area contributed by atoms with Gasteiger partial charge in [-0.15, -0.1) is 16.8 Å². The first-order chi connectivity index (χ1) is 11.0. The Morgan fingerprint density at radius 1 is 1.43 bits per heavy atom. The Morgan fingerprint density at radius 2 is 2.22 bits per heavy atom. The lowest BCUT2D eigenvalue weighted by molar-refractivity contribution is -0.133. The minimum absolute atomic E-state index is 0.0624. The lowest BCUT2D eigenvalue weighted by Gasteiger charge is -2.11. The van der Waals surface area contributed by atoms with Gasteiger partial charge in [0.25, 0.3) is 0 Å². The predicted molar refractivity (Wildman–Crippen MR) is 88.8 cm³/mol. The van der Waals surface area contributed by atoms with Gasteiger partial charge in [0.2, 0.25) is 0 Å². The first-order valence-corrected chi connectivity index (χ1v) is 8.08. The van der Waals surface area contributed by atoms with Gasteiger partial charge in [0.05, 0.1) is 5.75 Å². The summed E-state index contributed by atoms with van der Waals surface area (Å²) in [5.41, 5.74) is 2.25. The average Bonchev–Trinajstić information content (AvgIpc) is 2.89. The molecule has 0 spiro atoms. The number of carboxylic acid groups (broad SMARTS) is 1. The molecule has 0 unspecified atom stereocenters. The van der Waals surface area contributed by atoms with Crippen molar-refractivity contribution in [3.63, 3.8) is 0 Å². The van der Waals surface area contributed by atoms with Gasteiger partial charge in [-0.2, -0.15) is 0 Å². The second kappa shape index (κ2) is 7.82. The zero-order valence-corrected chi connectivity index (χ0v) is 14.0. The lowest BCUT2D eigenvalue weighted by Crippen LogP contribution is -2.09. The number of hydrogen-bond acceptors (Lipinski definition) is 5. The van der Waals surface area contributed by atoms with Crippen LogP contribution in [0.4, 0.5) is 0 Å². The Bertz CT molecular complexity index is 713. The van der Waals surface area contributed by atoms with Crippen LogP contribution < -0.4 is 4.74 Å². The number of rotatable bonds is 8. The number of nitrogens with zero attached hydrogens (tertiary/aromatic N) is 3. The van der Waals surface area contributed by atoms with E-state index in [4.69, 9.17) is 9.84 Å². The van der Waals surface area contributed by atoms with Crippen LogP contribution >= 0.6 is 11.8 Å². The van der Waals surface area contributed by atoms with Crippen LogP contribution in [0, 0.1) is 13.8 Å². The molecule has 0 bridgehead atoms. The zero-order chi connectivity index (χ0) is 16.8. The van der Waals surface area contributed by atoms with Gasteiger partial charge in [-0.3, -0.25) is 9.36 Å². The highest BCUT2D eigenvalue weighted by molar-refractivity contribution is 7.99. The molecule has 0 fully saturated rings. The normalized spacial score (nSPS) is 10.5. The molecule has 1 N–H and O–H groups in total. The van der Waals surface area contributed by atoms with E-state index >= 15 is 0 Å². The molecule has 0 aliphatic heterocycles. The van der Waals surface area contributed by atoms with Crippen molar-refractivity contribution in [1.29, 1.82) is 0 Å². The van der Waals surface area contributed by atoms with Crippen molar-refractivity contribution in [2.24, 2.45) is 0 Å². The molecule has 0 radical (unpaired) electrons. The molecule has 1 aromatic carbocycles. The largest absolute Gasteiger partial charge is 0.485 e. The van der Waals surface area contributed by atoms with Gasteiger partial charge in [0.1, 0.15) is 12.4 Å². The first kappa shape index (κ1) is 17.1. The number of aromatic nitrogens is 3. The standard InChI is InChI=1S/C16H19N3O3S/c1-4-8-19-14(17-18-16(19)23-10-15(20)21)9-22-13-7-5-6-11(2)12(13)3/h4-7H,1,8-10H2,2-3H3,(H,20,21). The maximum Gasteiger partial charge on any atom is 0.313 e. The van der Waals surface area contributed by atoms with Crippen LogP contribution in [-0.4, -0.2) is 31.6 Å².